The van der Waals surface area contributed by atoms with Gasteiger partial charge in [0, 0.05) is 29.7 Å². The molecule has 4 aromatic rings. The van der Waals surface area contributed by atoms with Gasteiger partial charge in [0.1, 0.15) is 0 Å². The smallest absolute Gasteiger partial charge is 0.267 e. The highest BCUT2D eigenvalue weighted by Gasteiger charge is 2.32. The number of para-hydroxylation sites is 1. The van der Waals surface area contributed by atoms with Crippen molar-refractivity contribution in [3.05, 3.63) is 99.4 Å². The molecule has 0 saturated carbocycles. The fourth-order valence-corrected chi connectivity index (χ4v) is 5.45. The van der Waals surface area contributed by atoms with E-state index in [1.807, 2.05) is 46.8 Å². The van der Waals surface area contributed by atoms with Crippen molar-refractivity contribution in [3.63, 3.8) is 0 Å². The van der Waals surface area contributed by atoms with Gasteiger partial charge in [-0.3, -0.25) is 14.8 Å². The molecule has 0 aliphatic heterocycles. The van der Waals surface area contributed by atoms with E-state index in [-0.39, 0.29) is 11.9 Å². The lowest BCUT2D eigenvalue weighted by Crippen LogP contribution is -2.35. The van der Waals surface area contributed by atoms with Crippen LogP contribution in [0.25, 0.3) is 17.0 Å². The van der Waals surface area contributed by atoms with E-state index in [0.29, 0.717) is 6.54 Å². The summed E-state index contributed by atoms with van der Waals surface area (Å²) in [6, 6.07) is 18.1. The molecule has 34 heavy (non-hydrogen) atoms. The van der Waals surface area contributed by atoms with Gasteiger partial charge in [-0.1, -0.05) is 42.5 Å². The van der Waals surface area contributed by atoms with Gasteiger partial charge in [-0.05, 0) is 65.1 Å². The van der Waals surface area contributed by atoms with Gasteiger partial charge in [0.15, 0.2) is 0 Å². The third-order valence-electron chi connectivity index (χ3n) is 6.42. The van der Waals surface area contributed by atoms with E-state index >= 15 is 0 Å². The van der Waals surface area contributed by atoms with Crippen molar-refractivity contribution in [1.29, 1.82) is 0 Å². The number of amides is 2. The molecule has 1 aliphatic rings. The van der Waals surface area contributed by atoms with Gasteiger partial charge >= 0.3 is 0 Å². The molecule has 2 aromatic carbocycles. The second kappa shape index (κ2) is 9.67. The summed E-state index contributed by atoms with van der Waals surface area (Å²) in [6.45, 7) is 0.626. The Morgan fingerprint density at radius 1 is 1.18 bits per heavy atom. The van der Waals surface area contributed by atoms with Crippen LogP contribution in [-0.4, -0.2) is 33.5 Å². The molecule has 0 bridgehead atoms. The number of aromatic nitrogens is 1. The number of nitrogens with zero attached hydrogens (tertiary/aromatic N) is 1. The average Bonchev–Trinajstić information content (AvgIpc) is 3.63. The Labute approximate surface area is 201 Å². The van der Waals surface area contributed by atoms with Gasteiger partial charge in [-0.25, -0.2) is 5.48 Å². The minimum Gasteiger partial charge on any atom is -0.361 e. The number of hydrogen-bond acceptors (Lipinski definition) is 4. The Kier molecular flexibility index (Phi) is 6.29. The highest BCUT2D eigenvalue weighted by atomic mass is 32.1. The number of hydrogen-bond donors (Lipinski definition) is 3. The van der Waals surface area contributed by atoms with Crippen molar-refractivity contribution >= 4 is 40.1 Å². The zero-order valence-corrected chi connectivity index (χ0v) is 19.3. The van der Waals surface area contributed by atoms with Crippen molar-refractivity contribution < 1.29 is 14.8 Å². The van der Waals surface area contributed by atoms with Crippen molar-refractivity contribution in [1.82, 2.24) is 15.4 Å². The van der Waals surface area contributed by atoms with E-state index in [9.17, 15) is 9.59 Å². The normalized spacial score (nSPS) is 15.0. The molecule has 0 fully saturated rings. The number of H-pyrrole nitrogens is 1. The number of benzene rings is 2. The first-order valence-corrected chi connectivity index (χ1v) is 12.2. The van der Waals surface area contributed by atoms with Crippen molar-refractivity contribution in [2.75, 3.05) is 6.54 Å². The van der Waals surface area contributed by atoms with E-state index in [0.717, 1.165) is 40.8 Å². The number of hydroxylamine groups is 1. The van der Waals surface area contributed by atoms with Gasteiger partial charge in [-0.2, -0.15) is 0 Å². The van der Waals surface area contributed by atoms with Gasteiger partial charge in [-0.15, -0.1) is 11.3 Å². The molecule has 7 heteroatoms. The van der Waals surface area contributed by atoms with E-state index in [1.165, 1.54) is 33.9 Å². The van der Waals surface area contributed by atoms with Crippen LogP contribution < -0.4 is 5.48 Å². The molecular formula is C27H25N3O3S. The predicted octanol–water partition coefficient (Wildman–Crippen LogP) is 5.12. The number of aromatic amines is 1. The monoisotopic (exact) mass is 471 g/mol. The Morgan fingerprint density at radius 3 is 2.88 bits per heavy atom. The molecule has 0 radical (unpaired) electrons. The quantitative estimate of drug-likeness (QED) is 0.199. The van der Waals surface area contributed by atoms with Crippen LogP contribution in [0.1, 0.15) is 44.4 Å². The van der Waals surface area contributed by atoms with Crippen LogP contribution in [0, 0.1) is 0 Å². The molecule has 2 heterocycles. The number of carbonyl (C=O) groups excluding carboxylic acids is 2. The maximum Gasteiger partial charge on any atom is 0.267 e. The summed E-state index contributed by atoms with van der Waals surface area (Å²) in [7, 11) is 0. The zero-order chi connectivity index (χ0) is 23.5. The first-order valence-electron chi connectivity index (χ1n) is 11.3. The van der Waals surface area contributed by atoms with E-state index in [1.54, 1.807) is 11.6 Å². The highest BCUT2D eigenvalue weighted by Crippen LogP contribution is 2.38. The number of aryl methyl sites for hydroxylation is 1. The van der Waals surface area contributed by atoms with Crippen LogP contribution in [0.2, 0.25) is 0 Å². The number of rotatable bonds is 7. The van der Waals surface area contributed by atoms with Gasteiger partial charge in [0.05, 0.1) is 10.9 Å². The summed E-state index contributed by atoms with van der Waals surface area (Å²) in [5.41, 5.74) is 7.15. The molecule has 6 nitrogen and oxygen atoms in total. The second-order valence-electron chi connectivity index (χ2n) is 8.41. The average molecular weight is 472 g/mol. The van der Waals surface area contributed by atoms with Crippen LogP contribution in [0.4, 0.5) is 0 Å². The summed E-state index contributed by atoms with van der Waals surface area (Å²) >= 11 is 1.47. The molecule has 2 amide bonds. The van der Waals surface area contributed by atoms with Crippen LogP contribution in [0.15, 0.2) is 72.3 Å². The number of carbonyl (C=O) groups is 2. The lowest BCUT2D eigenvalue weighted by molar-refractivity contribution is -0.124. The molecule has 3 N–H and O–H groups in total. The minimum atomic E-state index is -0.566. The van der Waals surface area contributed by atoms with Gasteiger partial charge < -0.3 is 9.88 Å². The third-order valence-corrected chi connectivity index (χ3v) is 7.27. The maximum atomic E-state index is 13.6. The molecule has 1 atom stereocenters. The lowest BCUT2D eigenvalue weighted by Gasteiger charge is -2.29. The zero-order valence-electron chi connectivity index (χ0n) is 18.5. The van der Waals surface area contributed by atoms with Crippen molar-refractivity contribution in [2.24, 2.45) is 0 Å². The molecule has 1 unspecified atom stereocenters. The maximum absolute atomic E-state index is 13.6. The van der Waals surface area contributed by atoms with Crippen LogP contribution in [0.3, 0.4) is 0 Å². The largest absolute Gasteiger partial charge is 0.361 e. The first-order chi connectivity index (χ1) is 16.6. The summed E-state index contributed by atoms with van der Waals surface area (Å²) < 4.78 is 0. The third kappa shape index (κ3) is 4.40. The number of thiophene rings is 1. The summed E-state index contributed by atoms with van der Waals surface area (Å²) in [6.07, 6.45) is 7.51. The first kappa shape index (κ1) is 22.1. The highest BCUT2D eigenvalue weighted by molar-refractivity contribution is 7.12. The Bertz CT molecular complexity index is 1360. The van der Waals surface area contributed by atoms with Crippen molar-refractivity contribution in [3.8, 4) is 0 Å². The molecule has 0 saturated heterocycles. The summed E-state index contributed by atoms with van der Waals surface area (Å²) in [5, 5.41) is 11.8. The van der Waals surface area contributed by atoms with E-state index < -0.39 is 5.91 Å². The standard InChI is InChI=1S/C27H25N3O3S/c31-26(29-33)12-8-18-7-10-22-19(16-18)9-11-24(22)30(27(32)25-6-3-15-34-25)14-13-20-17-28-23-5-2-1-4-21(20)23/h1-8,10,12,15-17,24,28,33H,9,11,13-14H2,(H,29,31). The fraction of sp³-hybridized carbons (Fsp3) is 0.185. The minimum absolute atomic E-state index is 0.00794. The molecule has 1 aliphatic carbocycles. The molecular weight excluding hydrogens is 446 g/mol. The van der Waals surface area contributed by atoms with Gasteiger partial charge in [0.25, 0.3) is 11.8 Å². The fourth-order valence-electron chi connectivity index (χ4n) is 4.77. The topological polar surface area (TPSA) is 85.4 Å². The second-order valence-corrected chi connectivity index (χ2v) is 9.36. The molecule has 2 aromatic heterocycles. The lowest BCUT2D eigenvalue weighted by atomic mass is 10.0. The Morgan fingerprint density at radius 2 is 2.06 bits per heavy atom. The van der Waals surface area contributed by atoms with Crippen LogP contribution in [0.5, 0.6) is 0 Å². The molecule has 0 spiro atoms. The molecule has 172 valence electrons. The van der Waals surface area contributed by atoms with E-state index in [2.05, 4.69) is 29.2 Å². The van der Waals surface area contributed by atoms with Crippen LogP contribution >= 0.6 is 11.3 Å². The van der Waals surface area contributed by atoms with E-state index in [4.69, 9.17) is 5.21 Å². The predicted molar refractivity (Wildman–Crippen MR) is 134 cm³/mol. The van der Waals surface area contributed by atoms with Crippen LogP contribution in [-0.2, 0) is 17.6 Å². The number of fused-ring (bicyclic) bond motifs is 2. The van der Waals surface area contributed by atoms with Gasteiger partial charge in [0.2, 0.25) is 0 Å². The Balaban J connectivity index is 1.42. The SMILES string of the molecule is O=C(C=Cc1ccc2c(c1)CCC2N(CCc1c[nH]c2ccccc12)C(=O)c1cccs1)NO. The summed E-state index contributed by atoms with van der Waals surface area (Å²) in [5.74, 6) is -0.500. The Hall–Kier alpha value is -3.68. The molecule has 5 rings (SSSR count). The number of nitrogens with one attached hydrogen (secondary N) is 2. The van der Waals surface area contributed by atoms with Crippen molar-refractivity contribution in [2.45, 2.75) is 25.3 Å². The summed E-state index contributed by atoms with van der Waals surface area (Å²) in [4.78, 5) is 31.0.